The van der Waals surface area contributed by atoms with Crippen molar-refractivity contribution in [2.75, 3.05) is 18.1 Å². The molecule has 4 amide bonds. The van der Waals surface area contributed by atoms with Crippen molar-refractivity contribution in [3.05, 3.63) is 41.7 Å². The van der Waals surface area contributed by atoms with E-state index in [1.807, 2.05) is 0 Å². The fourth-order valence-corrected chi connectivity index (χ4v) is 11.7. The summed E-state index contributed by atoms with van der Waals surface area (Å²) >= 11 is 0. The lowest BCUT2D eigenvalue weighted by molar-refractivity contribution is -0.145. The SMILES string of the molecule is CC(C)(O)c1cnnn1[C@@H]1C[C@@H](C(=O)NC2(C(=O)C(N)=O)CCS(O)(O)CC2)N(C(=O)[C@@H](CC2CCCCC2)NC(=O)c2ccc(S(=O)(=O)NC3CCCC3)cc2)C1. The zero-order valence-corrected chi connectivity index (χ0v) is 34.6. The van der Waals surface area contributed by atoms with E-state index in [1.165, 1.54) is 40.0 Å². The lowest BCUT2D eigenvalue weighted by Crippen LogP contribution is -2.64. The van der Waals surface area contributed by atoms with E-state index in [2.05, 4.69) is 25.7 Å². The number of hydrogen-bond donors (Lipinski definition) is 7. The fourth-order valence-electron chi connectivity index (χ4n) is 8.84. The van der Waals surface area contributed by atoms with Gasteiger partial charge in [0.1, 0.15) is 23.2 Å². The molecule has 0 unspecified atom stereocenters. The van der Waals surface area contributed by atoms with Gasteiger partial charge in [-0.25, -0.2) is 17.8 Å². The average Bonchev–Trinajstić information content (AvgIpc) is 3.97. The molecule has 58 heavy (non-hydrogen) atoms. The van der Waals surface area contributed by atoms with Crippen molar-refractivity contribution in [3.8, 4) is 0 Å². The van der Waals surface area contributed by atoms with E-state index in [4.69, 9.17) is 5.73 Å². The van der Waals surface area contributed by atoms with Crippen LogP contribution in [0.5, 0.6) is 0 Å². The summed E-state index contributed by atoms with van der Waals surface area (Å²) in [4.78, 5) is 70.0. The summed E-state index contributed by atoms with van der Waals surface area (Å²) < 4.78 is 50.9. The van der Waals surface area contributed by atoms with Crippen LogP contribution >= 0.6 is 10.6 Å². The molecule has 8 N–H and O–H groups in total. The Hall–Kier alpha value is -3.95. The largest absolute Gasteiger partial charge is 0.384 e. The Balaban J connectivity index is 1.29. The zero-order valence-electron chi connectivity index (χ0n) is 33.0. The van der Waals surface area contributed by atoms with Crippen LogP contribution in [0.1, 0.15) is 119 Å². The van der Waals surface area contributed by atoms with Crippen LogP contribution in [0.25, 0.3) is 0 Å². The number of rotatable bonds is 14. The van der Waals surface area contributed by atoms with Crippen molar-refractivity contribution < 1.29 is 46.6 Å². The highest BCUT2D eigenvalue weighted by atomic mass is 32.3. The number of aliphatic hydroxyl groups is 1. The Bertz CT molecular complexity index is 1960. The van der Waals surface area contributed by atoms with Crippen LogP contribution in [0.2, 0.25) is 0 Å². The predicted octanol–water partition coefficient (Wildman–Crippen LogP) is 2.09. The first-order valence-electron chi connectivity index (χ1n) is 20.1. The van der Waals surface area contributed by atoms with Crippen LogP contribution in [0, 0.1) is 5.92 Å². The number of nitrogens with one attached hydrogen (secondary N) is 3. The molecule has 2 aliphatic carbocycles. The van der Waals surface area contributed by atoms with Gasteiger partial charge in [0.2, 0.25) is 27.6 Å². The molecule has 2 saturated heterocycles. The monoisotopic (exact) mass is 848 g/mol. The number of benzene rings is 1. The zero-order chi connectivity index (χ0) is 42.0. The Labute approximate surface area is 339 Å². The maximum Gasteiger partial charge on any atom is 0.287 e. The highest BCUT2D eigenvalue weighted by Gasteiger charge is 2.51. The number of carbonyl (C=O) groups excluding carboxylic acids is 5. The van der Waals surface area contributed by atoms with Gasteiger partial charge in [-0.05, 0) is 76.1 Å². The average molecular weight is 849 g/mol. The standard InChI is InChI=1S/C38H56N8O10S2/c1-37(2,52)31-22-40-44-46(31)27-21-30(35(50)42-38(32(47)33(39)48)16-18-57(53,54)19-17-38)45(23-27)36(51)29(20-24-8-4-3-5-9-24)41-34(49)25-12-14-28(15-13-25)58(55,56)43-26-10-6-7-11-26/h12-15,22,24,26-27,29-30,43,52-54H,3-11,16-21,23H2,1-2H3,(H2,39,48)(H,41,49)(H,42,50)/t27-,29-,30+/m1/s1. The van der Waals surface area contributed by atoms with E-state index < -0.39 is 79.3 Å². The van der Waals surface area contributed by atoms with Crippen LogP contribution in [0.4, 0.5) is 0 Å². The van der Waals surface area contributed by atoms with Crippen LogP contribution < -0.4 is 21.1 Å². The van der Waals surface area contributed by atoms with Crippen molar-refractivity contribution in [3.63, 3.8) is 0 Å². The molecule has 1 aromatic heterocycles. The van der Waals surface area contributed by atoms with E-state index in [1.54, 1.807) is 13.8 Å². The van der Waals surface area contributed by atoms with Crippen LogP contribution in [-0.4, -0.2) is 114 Å². The van der Waals surface area contributed by atoms with Gasteiger partial charge in [0.15, 0.2) is 0 Å². The first-order chi connectivity index (χ1) is 27.3. The highest BCUT2D eigenvalue weighted by Crippen LogP contribution is 2.47. The quantitative estimate of drug-likeness (QED) is 0.135. The number of likely N-dealkylation sites (tertiary alicyclic amines) is 1. The minimum atomic E-state index is -3.81. The first kappa shape index (κ1) is 43.6. The smallest absolute Gasteiger partial charge is 0.287 e. The molecule has 320 valence electrons. The Morgan fingerprint density at radius 3 is 2.21 bits per heavy atom. The molecule has 4 fully saturated rings. The normalized spacial score (nSPS) is 23.8. The van der Waals surface area contributed by atoms with E-state index in [9.17, 15) is 46.6 Å². The number of amides is 4. The van der Waals surface area contributed by atoms with Gasteiger partial charge in [0.25, 0.3) is 11.8 Å². The van der Waals surface area contributed by atoms with Crippen molar-refractivity contribution in [2.24, 2.45) is 11.7 Å². The molecular formula is C38H56N8O10S2. The molecule has 2 aromatic rings. The van der Waals surface area contributed by atoms with Gasteiger partial charge < -0.3 is 26.4 Å². The second kappa shape index (κ2) is 17.3. The van der Waals surface area contributed by atoms with Crippen LogP contribution in [-0.2, 0) is 34.8 Å². The van der Waals surface area contributed by atoms with Gasteiger partial charge in [-0.2, -0.15) is 10.6 Å². The third-order valence-electron chi connectivity index (χ3n) is 12.1. The van der Waals surface area contributed by atoms with Gasteiger partial charge >= 0.3 is 0 Å². The van der Waals surface area contributed by atoms with Gasteiger partial charge in [-0.3, -0.25) is 33.1 Å². The van der Waals surface area contributed by atoms with Crippen LogP contribution in [0.3, 0.4) is 0 Å². The lowest BCUT2D eigenvalue weighted by Gasteiger charge is -2.45. The number of hydrogen-bond acceptors (Lipinski definition) is 12. The number of sulfonamides is 1. The molecule has 3 atom stereocenters. The van der Waals surface area contributed by atoms with E-state index in [0.717, 1.165) is 57.8 Å². The number of carbonyl (C=O) groups is 5. The van der Waals surface area contributed by atoms with Crippen molar-refractivity contribution in [1.29, 1.82) is 0 Å². The number of ketones is 1. The molecule has 1 aromatic carbocycles. The topological polar surface area (TPSA) is 276 Å². The molecule has 0 radical (unpaired) electrons. The molecule has 0 bridgehead atoms. The van der Waals surface area contributed by atoms with Crippen molar-refractivity contribution >= 4 is 50.0 Å². The summed E-state index contributed by atoms with van der Waals surface area (Å²) in [5.41, 5.74) is 2.62. The Morgan fingerprint density at radius 2 is 1.60 bits per heavy atom. The van der Waals surface area contributed by atoms with E-state index >= 15 is 0 Å². The van der Waals surface area contributed by atoms with Gasteiger partial charge in [-0.15, -0.1) is 5.10 Å². The summed E-state index contributed by atoms with van der Waals surface area (Å²) in [5, 5.41) is 24.6. The maximum atomic E-state index is 14.9. The summed E-state index contributed by atoms with van der Waals surface area (Å²) in [6.07, 6.45) is 9.10. The summed E-state index contributed by atoms with van der Waals surface area (Å²) in [7, 11) is -6.87. The minimum absolute atomic E-state index is 0.0110. The fraction of sp³-hybridized carbons (Fsp3) is 0.658. The minimum Gasteiger partial charge on any atom is -0.384 e. The molecule has 0 spiro atoms. The second-order valence-electron chi connectivity index (χ2n) is 16.9. The van der Waals surface area contributed by atoms with Crippen LogP contribution in [0.15, 0.2) is 35.4 Å². The number of Topliss-reactive ketones (excluding diaryl/α,β-unsaturated/α-hetero) is 1. The summed E-state index contributed by atoms with van der Waals surface area (Å²) in [6.45, 7) is 2.99. The van der Waals surface area contributed by atoms with E-state index in [0.29, 0.717) is 5.69 Å². The highest BCUT2D eigenvalue weighted by molar-refractivity contribution is 8.24. The van der Waals surface area contributed by atoms with Crippen molar-refractivity contribution in [2.45, 2.75) is 138 Å². The second-order valence-corrected chi connectivity index (χ2v) is 21.0. The first-order valence-corrected chi connectivity index (χ1v) is 23.4. The predicted molar refractivity (Wildman–Crippen MR) is 213 cm³/mol. The van der Waals surface area contributed by atoms with Crippen molar-refractivity contribution in [1.82, 2.24) is 35.2 Å². The van der Waals surface area contributed by atoms with Gasteiger partial charge in [0, 0.05) is 36.1 Å². The summed E-state index contributed by atoms with van der Waals surface area (Å²) in [5.74, 6) is -4.83. The lowest BCUT2D eigenvalue weighted by atomic mass is 9.84. The maximum absolute atomic E-state index is 14.9. The molecule has 2 saturated carbocycles. The third-order valence-corrected chi connectivity index (χ3v) is 15.4. The number of nitrogens with two attached hydrogens (primary N) is 1. The number of nitrogens with zero attached hydrogens (tertiary/aromatic N) is 4. The third kappa shape index (κ3) is 9.90. The molecule has 3 heterocycles. The molecule has 4 aliphatic rings. The molecule has 6 rings (SSSR count). The van der Waals surface area contributed by atoms with E-state index in [-0.39, 0.29) is 66.2 Å². The number of aromatic nitrogens is 3. The Kier molecular flexibility index (Phi) is 13.0. The molecule has 2 aliphatic heterocycles. The molecular weight excluding hydrogens is 793 g/mol. The van der Waals surface area contributed by atoms with Gasteiger partial charge in [0.05, 0.1) is 22.8 Å². The Morgan fingerprint density at radius 1 is 0.983 bits per heavy atom. The molecule has 18 nitrogen and oxygen atoms in total. The summed E-state index contributed by atoms with van der Waals surface area (Å²) in [6, 6.07) is 2.26. The number of primary amides is 1. The molecule has 20 heteroatoms. The van der Waals surface area contributed by atoms with Gasteiger partial charge in [-0.1, -0.05) is 50.2 Å².